The topological polar surface area (TPSA) is 62.6 Å². The molecule has 5 heteroatoms. The van der Waals surface area contributed by atoms with Gasteiger partial charge in [0.1, 0.15) is 0 Å². The molecule has 1 aliphatic carbocycles. The van der Waals surface area contributed by atoms with E-state index in [9.17, 15) is 0 Å². The molecule has 8 unspecified atom stereocenters. The predicted octanol–water partition coefficient (Wildman–Crippen LogP) is 18.1. The van der Waals surface area contributed by atoms with Crippen LogP contribution < -0.4 is 0 Å². The van der Waals surface area contributed by atoms with Crippen LogP contribution in [0, 0.1) is 11.3 Å². The van der Waals surface area contributed by atoms with Gasteiger partial charge in [0.2, 0.25) is 0 Å². The average Bonchev–Trinajstić information content (AvgIpc) is 1.75. The zero-order chi connectivity index (χ0) is 60.9. The normalized spacial score (nSPS) is 22.6. The molecule has 0 amide bonds. The van der Waals surface area contributed by atoms with Crippen molar-refractivity contribution in [3.05, 3.63) is 209 Å². The molecule has 6 aromatic carbocycles. The summed E-state index contributed by atoms with van der Waals surface area (Å²) in [5, 5.41) is 0. The minimum atomic E-state index is -0.226. The Labute approximate surface area is 525 Å². The molecule has 0 N–H and O–H groups in total. The molecular weight excluding hydrogens is 1060 g/mol. The van der Waals surface area contributed by atoms with Crippen LogP contribution in [0.15, 0.2) is 109 Å². The molecular formula is C82H106O5. The summed E-state index contributed by atoms with van der Waals surface area (Å²) in [6, 6.07) is 45.2. The van der Waals surface area contributed by atoms with E-state index >= 15 is 0 Å². The third kappa shape index (κ3) is 14.2. The second-order valence-corrected chi connectivity index (χ2v) is 30.0. The van der Waals surface area contributed by atoms with Gasteiger partial charge in [-0.1, -0.05) is 212 Å². The smallest absolute Gasteiger partial charge is 0.0850 e. The van der Waals surface area contributed by atoms with E-state index in [0.29, 0.717) is 24.2 Å². The SMILES string of the molecule is CCCC(C)(C)c1cc(C(C)(CC)c2ccc(CC3CO3)cc2)cc(Cc2cc(C(C)(CC)c3ccc(CC4CO4)cc3)cc(Cc3cc(C(C)(CC)c4ccc(CC5CO5)cc4)cc(CC(C)(CC)CC)c3CC3CO3)c2CC2CC2)c1CC1CO1. The Morgan fingerprint density at radius 3 is 1.01 bits per heavy atom. The Morgan fingerprint density at radius 2 is 0.678 bits per heavy atom. The van der Waals surface area contributed by atoms with Crippen LogP contribution in [0.3, 0.4) is 0 Å². The van der Waals surface area contributed by atoms with E-state index < -0.39 is 0 Å². The van der Waals surface area contributed by atoms with Crippen LogP contribution in [-0.4, -0.2) is 63.6 Å². The molecule has 1 saturated carbocycles. The summed E-state index contributed by atoms with van der Waals surface area (Å²) in [5.74, 6) is 0.699. The first kappa shape index (κ1) is 62.3. The fraction of sp³-hybridized carbons (Fsp3) is 0.561. The van der Waals surface area contributed by atoms with Crippen LogP contribution in [0.2, 0.25) is 0 Å². The van der Waals surface area contributed by atoms with Crippen molar-refractivity contribution < 1.29 is 23.7 Å². The molecule has 6 fully saturated rings. The molecule has 87 heavy (non-hydrogen) atoms. The van der Waals surface area contributed by atoms with Crippen LogP contribution in [0.1, 0.15) is 241 Å². The van der Waals surface area contributed by atoms with Gasteiger partial charge >= 0.3 is 0 Å². The van der Waals surface area contributed by atoms with Crippen molar-refractivity contribution in [3.8, 4) is 0 Å². The molecule has 0 radical (unpaired) electrons. The quantitative estimate of drug-likeness (QED) is 0.0394. The number of ether oxygens (including phenoxy) is 5. The first-order valence-electron chi connectivity index (χ1n) is 34.7. The van der Waals surface area contributed by atoms with E-state index in [1.54, 1.807) is 11.1 Å². The molecule has 0 spiro atoms. The van der Waals surface area contributed by atoms with Gasteiger partial charge in [-0.15, -0.1) is 0 Å². The van der Waals surface area contributed by atoms with Crippen LogP contribution >= 0.6 is 0 Å². The van der Waals surface area contributed by atoms with Crippen LogP contribution in [0.5, 0.6) is 0 Å². The van der Waals surface area contributed by atoms with E-state index in [0.717, 1.165) is 136 Å². The van der Waals surface area contributed by atoms with E-state index in [-0.39, 0.29) is 39.3 Å². The Bertz CT molecular complexity index is 3340. The van der Waals surface area contributed by atoms with Crippen molar-refractivity contribution >= 4 is 0 Å². The summed E-state index contributed by atoms with van der Waals surface area (Å²) >= 11 is 0. The standard InChI is InChI=1S/C82H106O5/c1-13-33-78(7,8)77-45-68(82(12,18-6)65-31-25-56(26-32-65)36-71-51-85-71)43-61(76(77)47-73-53-87-73)39-59-41-66(80(10,16-4)63-27-21-54(22-28-63)34-69-49-83-69)40-58(74(59)37-57-19-20-57)38-60-42-67(44-62(48-79(9,14-2)15-3)75(60)46-72-52-86-72)81(11,17-5)64-29-23-55(24-30-64)35-70-50-84-70/h21-32,40-45,57,69-73H,13-20,33-39,46-53H2,1-12H3. The zero-order valence-electron chi connectivity index (χ0n) is 55.7. The first-order chi connectivity index (χ1) is 41.9. The highest BCUT2D eigenvalue weighted by molar-refractivity contribution is 5.56. The molecule has 5 saturated heterocycles. The van der Waals surface area contributed by atoms with Gasteiger partial charge in [-0.2, -0.15) is 0 Å². The largest absolute Gasteiger partial charge is 0.373 e. The summed E-state index contributed by atoms with van der Waals surface area (Å²) in [6.45, 7) is 34.0. The number of epoxide rings is 5. The molecule has 5 heterocycles. The highest BCUT2D eigenvalue weighted by Gasteiger charge is 2.39. The summed E-state index contributed by atoms with van der Waals surface area (Å²) in [5.41, 5.74) is 26.0. The highest BCUT2D eigenvalue weighted by Crippen LogP contribution is 2.47. The zero-order valence-corrected chi connectivity index (χ0v) is 55.7. The van der Waals surface area contributed by atoms with Crippen molar-refractivity contribution in [1.29, 1.82) is 0 Å². The molecule has 6 aliphatic rings. The number of hydrogen-bond acceptors (Lipinski definition) is 5. The monoisotopic (exact) mass is 1170 g/mol. The lowest BCUT2D eigenvalue weighted by molar-refractivity contribution is 0.294. The van der Waals surface area contributed by atoms with E-state index in [2.05, 4.69) is 192 Å². The minimum absolute atomic E-state index is 0.0223. The Hall–Kier alpha value is -4.88. The average molecular weight is 1170 g/mol. The summed E-state index contributed by atoms with van der Waals surface area (Å²) in [4.78, 5) is 0. The Morgan fingerprint density at radius 1 is 0.356 bits per heavy atom. The fourth-order valence-corrected chi connectivity index (χ4v) is 15.1. The lowest BCUT2D eigenvalue weighted by atomic mass is 9.68. The molecule has 5 nitrogen and oxygen atoms in total. The molecule has 0 bridgehead atoms. The third-order valence-electron chi connectivity index (χ3n) is 23.2. The maximum Gasteiger partial charge on any atom is 0.0850 e. The lowest BCUT2D eigenvalue weighted by Crippen LogP contribution is -2.27. The van der Waals surface area contributed by atoms with Gasteiger partial charge in [-0.05, 0) is 181 Å². The van der Waals surface area contributed by atoms with Gasteiger partial charge in [0, 0.05) is 48.3 Å². The molecule has 8 atom stereocenters. The van der Waals surface area contributed by atoms with E-state index in [1.807, 2.05) is 0 Å². The molecule has 0 aromatic heterocycles. The second-order valence-electron chi connectivity index (χ2n) is 30.0. The maximum atomic E-state index is 6.27. The van der Waals surface area contributed by atoms with Gasteiger partial charge in [-0.3, -0.25) is 0 Å². The summed E-state index contributed by atoms with van der Waals surface area (Å²) in [6.07, 6.45) is 20.7. The molecule has 5 aliphatic heterocycles. The Balaban J connectivity index is 1.07. The van der Waals surface area contributed by atoms with Crippen LogP contribution in [0.4, 0.5) is 0 Å². The van der Waals surface area contributed by atoms with Crippen molar-refractivity contribution in [2.75, 3.05) is 33.0 Å². The minimum Gasteiger partial charge on any atom is -0.373 e. The van der Waals surface area contributed by atoms with Crippen molar-refractivity contribution in [2.45, 2.75) is 251 Å². The summed E-state index contributed by atoms with van der Waals surface area (Å²) in [7, 11) is 0. The molecule has 464 valence electrons. The summed E-state index contributed by atoms with van der Waals surface area (Å²) < 4.78 is 29.7. The van der Waals surface area contributed by atoms with Crippen LogP contribution in [-0.2, 0) is 103 Å². The Kier molecular flexibility index (Phi) is 18.2. The number of rotatable bonds is 32. The van der Waals surface area contributed by atoms with Crippen molar-refractivity contribution in [1.82, 2.24) is 0 Å². The third-order valence-corrected chi connectivity index (χ3v) is 23.2. The van der Waals surface area contributed by atoms with Gasteiger partial charge in [0.05, 0.1) is 63.6 Å². The van der Waals surface area contributed by atoms with Crippen molar-refractivity contribution in [3.63, 3.8) is 0 Å². The van der Waals surface area contributed by atoms with Crippen LogP contribution in [0.25, 0.3) is 0 Å². The first-order valence-corrected chi connectivity index (χ1v) is 34.7. The van der Waals surface area contributed by atoms with Gasteiger partial charge in [0.25, 0.3) is 0 Å². The molecule has 6 aromatic rings. The molecule has 12 rings (SSSR count). The second kappa shape index (κ2) is 25.4. The van der Waals surface area contributed by atoms with E-state index in [1.165, 1.54) is 102 Å². The van der Waals surface area contributed by atoms with Gasteiger partial charge in [-0.25, -0.2) is 0 Å². The van der Waals surface area contributed by atoms with Crippen molar-refractivity contribution in [2.24, 2.45) is 11.3 Å². The number of hydrogen-bond donors (Lipinski definition) is 0. The van der Waals surface area contributed by atoms with E-state index in [4.69, 9.17) is 23.7 Å². The lowest BCUT2D eigenvalue weighted by Gasteiger charge is -2.36. The van der Waals surface area contributed by atoms with Gasteiger partial charge < -0.3 is 23.7 Å². The predicted molar refractivity (Wildman–Crippen MR) is 358 cm³/mol. The fourth-order valence-electron chi connectivity index (χ4n) is 15.1. The van der Waals surface area contributed by atoms with Gasteiger partial charge in [0.15, 0.2) is 0 Å². The number of benzene rings is 6. The maximum absolute atomic E-state index is 6.27. The highest BCUT2D eigenvalue weighted by atomic mass is 16.6.